The highest BCUT2D eigenvalue weighted by Crippen LogP contribution is 2.14. The lowest BCUT2D eigenvalue weighted by molar-refractivity contribution is 0.0690. The zero-order valence-corrected chi connectivity index (χ0v) is 10.9. The highest BCUT2D eigenvalue weighted by molar-refractivity contribution is 9.10. The second-order valence-electron chi connectivity index (χ2n) is 3.60. The average Bonchev–Trinajstić information content (AvgIpc) is 2.38. The van der Waals surface area contributed by atoms with Gasteiger partial charge in [0.05, 0.1) is 6.20 Å². The predicted molar refractivity (Wildman–Crippen MR) is 69.7 cm³/mol. The molecule has 0 aliphatic rings. The summed E-state index contributed by atoms with van der Waals surface area (Å²) < 4.78 is 6.51. The molecule has 2 aromatic rings. The normalized spacial score (nSPS) is 10.1. The third-order valence-electron chi connectivity index (χ3n) is 2.27. The largest absolute Gasteiger partial charge is 0.487 e. The maximum absolute atomic E-state index is 10.6. The Morgan fingerprint density at radius 1 is 1.22 bits per heavy atom. The molecule has 1 heterocycles. The van der Waals surface area contributed by atoms with Gasteiger partial charge in [0, 0.05) is 4.47 Å². The van der Waals surface area contributed by atoms with E-state index in [2.05, 4.69) is 20.9 Å². The lowest BCUT2D eigenvalue weighted by Gasteiger charge is -2.06. The number of halogens is 1. The number of pyridine rings is 1. The summed E-state index contributed by atoms with van der Waals surface area (Å²) in [5, 5.41) is 8.70. The van der Waals surface area contributed by atoms with Crippen LogP contribution < -0.4 is 4.74 Å². The molecule has 0 bridgehead atoms. The van der Waals surface area contributed by atoms with Crippen LogP contribution in [0.1, 0.15) is 16.1 Å². The molecule has 0 fully saturated rings. The Balaban J connectivity index is 1.97. The van der Waals surface area contributed by atoms with E-state index in [4.69, 9.17) is 9.84 Å². The van der Waals surface area contributed by atoms with Crippen molar-refractivity contribution in [1.29, 1.82) is 0 Å². The van der Waals surface area contributed by atoms with Crippen molar-refractivity contribution in [2.75, 3.05) is 0 Å². The van der Waals surface area contributed by atoms with Crippen LogP contribution in [0.15, 0.2) is 47.1 Å². The number of rotatable bonds is 4. The minimum Gasteiger partial charge on any atom is -0.487 e. The molecule has 4 nitrogen and oxygen atoms in total. The van der Waals surface area contributed by atoms with E-state index in [0.717, 1.165) is 10.0 Å². The Labute approximate surface area is 112 Å². The van der Waals surface area contributed by atoms with Crippen molar-refractivity contribution in [2.45, 2.75) is 6.61 Å². The lowest BCUT2D eigenvalue weighted by atomic mass is 10.2. The third kappa shape index (κ3) is 3.30. The van der Waals surface area contributed by atoms with Crippen LogP contribution in [0.25, 0.3) is 0 Å². The van der Waals surface area contributed by atoms with Gasteiger partial charge in [0.15, 0.2) is 0 Å². The quantitative estimate of drug-likeness (QED) is 0.943. The second-order valence-corrected chi connectivity index (χ2v) is 4.52. The van der Waals surface area contributed by atoms with Crippen molar-refractivity contribution >= 4 is 21.9 Å². The van der Waals surface area contributed by atoms with E-state index < -0.39 is 5.97 Å². The van der Waals surface area contributed by atoms with Gasteiger partial charge in [-0.1, -0.05) is 28.1 Å². The van der Waals surface area contributed by atoms with E-state index in [-0.39, 0.29) is 5.69 Å². The van der Waals surface area contributed by atoms with Gasteiger partial charge in [-0.2, -0.15) is 0 Å². The van der Waals surface area contributed by atoms with Gasteiger partial charge >= 0.3 is 5.97 Å². The molecule has 1 N–H and O–H groups in total. The Morgan fingerprint density at radius 2 is 1.94 bits per heavy atom. The zero-order chi connectivity index (χ0) is 13.0. The van der Waals surface area contributed by atoms with Crippen LogP contribution in [0.4, 0.5) is 0 Å². The van der Waals surface area contributed by atoms with Gasteiger partial charge in [0.25, 0.3) is 0 Å². The van der Waals surface area contributed by atoms with Crippen LogP contribution in [0.5, 0.6) is 5.75 Å². The van der Waals surface area contributed by atoms with Gasteiger partial charge in [0.2, 0.25) is 0 Å². The summed E-state index contributed by atoms with van der Waals surface area (Å²) in [4.78, 5) is 14.4. The molecule has 0 unspecified atom stereocenters. The van der Waals surface area contributed by atoms with Crippen molar-refractivity contribution in [3.8, 4) is 5.75 Å². The molecule has 1 aromatic heterocycles. The number of ether oxygens (including phenoxy) is 1. The number of carboxylic acid groups (broad SMARTS) is 1. The average molecular weight is 308 g/mol. The fourth-order valence-corrected chi connectivity index (χ4v) is 1.60. The number of hydrogen-bond donors (Lipinski definition) is 1. The van der Waals surface area contributed by atoms with Gasteiger partial charge in [-0.25, -0.2) is 9.78 Å². The molecule has 0 spiro atoms. The van der Waals surface area contributed by atoms with E-state index in [1.807, 2.05) is 24.3 Å². The maximum atomic E-state index is 10.6. The van der Waals surface area contributed by atoms with Crippen LogP contribution in [0.2, 0.25) is 0 Å². The molecule has 92 valence electrons. The van der Waals surface area contributed by atoms with Gasteiger partial charge in [-0.15, -0.1) is 0 Å². The van der Waals surface area contributed by atoms with Crippen molar-refractivity contribution in [1.82, 2.24) is 4.98 Å². The van der Waals surface area contributed by atoms with Crippen LogP contribution in [0, 0.1) is 0 Å². The van der Waals surface area contributed by atoms with E-state index in [0.29, 0.717) is 12.4 Å². The fraction of sp³-hybridized carbons (Fsp3) is 0.0769. The van der Waals surface area contributed by atoms with E-state index in [1.165, 1.54) is 12.3 Å². The Hall–Kier alpha value is -1.88. The minimum absolute atomic E-state index is 0.00555. The molecule has 0 atom stereocenters. The first kappa shape index (κ1) is 12.6. The summed E-state index contributed by atoms with van der Waals surface area (Å²) in [5.41, 5.74) is 1.03. The summed E-state index contributed by atoms with van der Waals surface area (Å²) in [5.74, 6) is -0.502. The van der Waals surface area contributed by atoms with Gasteiger partial charge in [0.1, 0.15) is 18.1 Å². The Bertz CT molecular complexity index is 537. The molecule has 1 aromatic carbocycles. The van der Waals surface area contributed by atoms with Crippen molar-refractivity contribution in [3.05, 3.63) is 58.3 Å². The topological polar surface area (TPSA) is 59.4 Å². The molecular formula is C13H10BrNO3. The summed E-state index contributed by atoms with van der Waals surface area (Å²) in [6, 6.07) is 10.8. The van der Waals surface area contributed by atoms with Gasteiger partial charge in [-0.3, -0.25) is 0 Å². The third-order valence-corrected chi connectivity index (χ3v) is 2.80. The monoisotopic (exact) mass is 307 g/mol. The molecule has 0 saturated carbocycles. The molecule has 18 heavy (non-hydrogen) atoms. The number of carbonyl (C=O) groups is 1. The molecule has 2 rings (SSSR count). The first-order valence-corrected chi connectivity index (χ1v) is 6.01. The maximum Gasteiger partial charge on any atom is 0.354 e. The van der Waals surface area contributed by atoms with Crippen LogP contribution in [-0.4, -0.2) is 16.1 Å². The summed E-state index contributed by atoms with van der Waals surface area (Å²) >= 11 is 3.36. The van der Waals surface area contributed by atoms with Gasteiger partial charge in [-0.05, 0) is 29.8 Å². The van der Waals surface area contributed by atoms with Gasteiger partial charge < -0.3 is 9.84 Å². The second kappa shape index (κ2) is 5.64. The summed E-state index contributed by atoms with van der Waals surface area (Å²) in [6.07, 6.45) is 1.41. The Kier molecular flexibility index (Phi) is 3.94. The number of nitrogens with zero attached hydrogens (tertiary/aromatic N) is 1. The zero-order valence-electron chi connectivity index (χ0n) is 9.34. The van der Waals surface area contributed by atoms with Crippen LogP contribution in [0.3, 0.4) is 0 Å². The molecule has 0 aliphatic heterocycles. The fourth-order valence-electron chi connectivity index (χ4n) is 1.34. The molecule has 0 radical (unpaired) electrons. The molecule has 5 heteroatoms. The van der Waals surface area contributed by atoms with E-state index in [9.17, 15) is 4.79 Å². The SMILES string of the molecule is O=C(O)c1ccc(OCc2ccc(Br)cc2)cn1. The van der Waals surface area contributed by atoms with Crippen LogP contribution >= 0.6 is 15.9 Å². The molecular weight excluding hydrogens is 298 g/mol. The smallest absolute Gasteiger partial charge is 0.354 e. The molecule has 0 aliphatic carbocycles. The summed E-state index contributed by atoms with van der Waals surface area (Å²) in [7, 11) is 0. The predicted octanol–water partition coefficient (Wildman–Crippen LogP) is 3.12. The number of aromatic carboxylic acids is 1. The number of hydrogen-bond acceptors (Lipinski definition) is 3. The van der Waals surface area contributed by atoms with Crippen LogP contribution in [-0.2, 0) is 6.61 Å². The molecule has 0 amide bonds. The lowest BCUT2D eigenvalue weighted by Crippen LogP contribution is -2.01. The summed E-state index contributed by atoms with van der Waals surface area (Å²) in [6.45, 7) is 0.418. The number of benzene rings is 1. The molecule has 0 saturated heterocycles. The standard InChI is InChI=1S/C13H10BrNO3/c14-10-3-1-9(2-4-10)8-18-11-5-6-12(13(16)17)15-7-11/h1-7H,8H2,(H,16,17). The highest BCUT2D eigenvalue weighted by atomic mass is 79.9. The Morgan fingerprint density at radius 3 is 2.50 bits per heavy atom. The van der Waals surface area contributed by atoms with Crippen molar-refractivity contribution in [3.63, 3.8) is 0 Å². The minimum atomic E-state index is -1.05. The first-order valence-electron chi connectivity index (χ1n) is 5.22. The van der Waals surface area contributed by atoms with E-state index in [1.54, 1.807) is 6.07 Å². The highest BCUT2D eigenvalue weighted by Gasteiger charge is 2.04. The van der Waals surface area contributed by atoms with Crippen molar-refractivity contribution < 1.29 is 14.6 Å². The number of carboxylic acids is 1. The number of aromatic nitrogens is 1. The first-order chi connectivity index (χ1) is 8.65. The van der Waals surface area contributed by atoms with E-state index >= 15 is 0 Å². The van der Waals surface area contributed by atoms with Crippen molar-refractivity contribution in [2.24, 2.45) is 0 Å².